The van der Waals surface area contributed by atoms with E-state index in [9.17, 15) is 0 Å². The molecule has 0 bridgehead atoms. The summed E-state index contributed by atoms with van der Waals surface area (Å²) in [6.45, 7) is 6.04. The number of nitrogens with zero attached hydrogens (tertiary/aromatic N) is 1. The molecule has 2 saturated heterocycles. The van der Waals surface area contributed by atoms with Gasteiger partial charge < -0.3 is 9.47 Å². The molecule has 0 N–H and O–H groups in total. The van der Waals surface area contributed by atoms with Crippen LogP contribution in [0.2, 0.25) is 0 Å². The van der Waals surface area contributed by atoms with Crippen LogP contribution < -0.4 is 0 Å². The van der Waals surface area contributed by atoms with Crippen LogP contribution in [0.1, 0.15) is 0 Å². The fraction of sp³-hybridized carbons (Fsp3) is 1.00. The van der Waals surface area contributed by atoms with Crippen molar-refractivity contribution >= 4 is 0 Å². The molecule has 3 heteroatoms. The van der Waals surface area contributed by atoms with Crippen LogP contribution in [0.4, 0.5) is 0 Å². The monoisotopic (exact) mass is 143 g/mol. The van der Waals surface area contributed by atoms with Crippen molar-refractivity contribution in [3.8, 4) is 0 Å². The minimum Gasteiger partial charge on any atom is -0.379 e. The summed E-state index contributed by atoms with van der Waals surface area (Å²) in [4.78, 5) is 2.40. The summed E-state index contributed by atoms with van der Waals surface area (Å²) in [6, 6.07) is 0. The SMILES string of the molecule is C1CN(C[C@@H]2CO2)CCO1. The van der Waals surface area contributed by atoms with Gasteiger partial charge in [0.2, 0.25) is 0 Å². The van der Waals surface area contributed by atoms with Crippen LogP contribution >= 0.6 is 0 Å². The van der Waals surface area contributed by atoms with E-state index < -0.39 is 0 Å². The van der Waals surface area contributed by atoms with Crippen LogP contribution in [-0.2, 0) is 9.47 Å². The zero-order valence-corrected chi connectivity index (χ0v) is 6.08. The number of morpholine rings is 1. The van der Waals surface area contributed by atoms with Crippen molar-refractivity contribution in [1.82, 2.24) is 4.90 Å². The quantitative estimate of drug-likeness (QED) is 0.497. The highest BCUT2D eigenvalue weighted by molar-refractivity contribution is 4.75. The van der Waals surface area contributed by atoms with Crippen molar-refractivity contribution in [3.05, 3.63) is 0 Å². The van der Waals surface area contributed by atoms with Gasteiger partial charge in [-0.2, -0.15) is 0 Å². The van der Waals surface area contributed by atoms with Gasteiger partial charge in [-0.3, -0.25) is 4.90 Å². The fourth-order valence-corrected chi connectivity index (χ4v) is 1.25. The van der Waals surface area contributed by atoms with Crippen LogP contribution in [0, 0.1) is 0 Å². The Balaban J connectivity index is 1.69. The van der Waals surface area contributed by atoms with Crippen LogP contribution in [0.3, 0.4) is 0 Å². The molecule has 0 radical (unpaired) electrons. The smallest absolute Gasteiger partial charge is 0.0936 e. The van der Waals surface area contributed by atoms with E-state index in [2.05, 4.69) is 4.90 Å². The van der Waals surface area contributed by atoms with Crippen LogP contribution in [-0.4, -0.2) is 50.5 Å². The molecule has 0 aliphatic carbocycles. The first-order chi connectivity index (χ1) is 4.95. The highest BCUT2D eigenvalue weighted by Gasteiger charge is 2.25. The summed E-state index contributed by atoms with van der Waals surface area (Å²) >= 11 is 0. The van der Waals surface area contributed by atoms with Crippen LogP contribution in [0.15, 0.2) is 0 Å². The molecule has 0 spiro atoms. The van der Waals surface area contributed by atoms with Gasteiger partial charge in [0.15, 0.2) is 0 Å². The minimum atomic E-state index is 0.540. The lowest BCUT2D eigenvalue weighted by molar-refractivity contribution is 0.0349. The van der Waals surface area contributed by atoms with Gasteiger partial charge in [0.25, 0.3) is 0 Å². The van der Waals surface area contributed by atoms with Gasteiger partial charge in [-0.25, -0.2) is 0 Å². The van der Waals surface area contributed by atoms with Gasteiger partial charge in [0, 0.05) is 19.6 Å². The standard InChI is InChI=1S/C7H13NO2/c1-3-9-4-2-8(1)5-7-6-10-7/h7H,1-6H2/t7-/m1/s1. The molecular weight excluding hydrogens is 130 g/mol. The van der Waals surface area contributed by atoms with Gasteiger partial charge in [0.05, 0.1) is 25.9 Å². The van der Waals surface area contributed by atoms with E-state index in [1.165, 1.54) is 0 Å². The zero-order valence-electron chi connectivity index (χ0n) is 6.08. The van der Waals surface area contributed by atoms with E-state index in [-0.39, 0.29) is 0 Å². The molecule has 2 aliphatic rings. The lowest BCUT2D eigenvalue weighted by Gasteiger charge is -2.25. The molecule has 0 aromatic heterocycles. The largest absolute Gasteiger partial charge is 0.379 e. The van der Waals surface area contributed by atoms with Crippen molar-refractivity contribution in [2.24, 2.45) is 0 Å². The summed E-state index contributed by atoms with van der Waals surface area (Å²) in [6.07, 6.45) is 0.540. The van der Waals surface area contributed by atoms with E-state index in [0.717, 1.165) is 39.5 Å². The summed E-state index contributed by atoms with van der Waals surface area (Å²) in [5.74, 6) is 0. The topological polar surface area (TPSA) is 25.0 Å². The second-order valence-corrected chi connectivity index (χ2v) is 2.87. The predicted octanol–water partition coefficient (Wildman–Crippen LogP) is -0.283. The molecule has 3 nitrogen and oxygen atoms in total. The molecule has 2 aliphatic heterocycles. The predicted molar refractivity (Wildman–Crippen MR) is 37.0 cm³/mol. The first kappa shape index (κ1) is 6.58. The van der Waals surface area contributed by atoms with Crippen molar-refractivity contribution in [1.29, 1.82) is 0 Å². The molecule has 2 heterocycles. The zero-order chi connectivity index (χ0) is 6.81. The third-order valence-corrected chi connectivity index (χ3v) is 1.97. The van der Waals surface area contributed by atoms with Crippen molar-refractivity contribution in [2.75, 3.05) is 39.5 Å². The Labute approximate surface area is 60.9 Å². The third kappa shape index (κ3) is 1.68. The number of rotatable bonds is 2. The Bertz CT molecular complexity index is 108. The highest BCUT2D eigenvalue weighted by Crippen LogP contribution is 2.11. The van der Waals surface area contributed by atoms with Gasteiger partial charge in [-0.15, -0.1) is 0 Å². The number of ether oxygens (including phenoxy) is 2. The molecule has 0 aromatic carbocycles. The van der Waals surface area contributed by atoms with E-state index in [1.54, 1.807) is 0 Å². The Morgan fingerprint density at radius 1 is 1.30 bits per heavy atom. The Morgan fingerprint density at radius 2 is 2.00 bits per heavy atom. The van der Waals surface area contributed by atoms with Crippen molar-refractivity contribution < 1.29 is 9.47 Å². The van der Waals surface area contributed by atoms with Crippen molar-refractivity contribution in [2.45, 2.75) is 6.10 Å². The molecule has 0 amide bonds. The molecule has 2 rings (SSSR count). The van der Waals surface area contributed by atoms with Gasteiger partial charge in [-0.1, -0.05) is 0 Å². The highest BCUT2D eigenvalue weighted by atomic mass is 16.6. The molecule has 0 saturated carbocycles. The lowest BCUT2D eigenvalue weighted by Crippen LogP contribution is -2.38. The maximum absolute atomic E-state index is 5.22. The first-order valence-corrected chi connectivity index (χ1v) is 3.87. The maximum atomic E-state index is 5.22. The van der Waals surface area contributed by atoms with Gasteiger partial charge in [-0.05, 0) is 0 Å². The van der Waals surface area contributed by atoms with Gasteiger partial charge >= 0.3 is 0 Å². The van der Waals surface area contributed by atoms with E-state index in [4.69, 9.17) is 9.47 Å². The normalized spacial score (nSPS) is 34.2. The summed E-state index contributed by atoms with van der Waals surface area (Å²) in [5, 5.41) is 0. The van der Waals surface area contributed by atoms with Gasteiger partial charge in [0.1, 0.15) is 0 Å². The summed E-state index contributed by atoms with van der Waals surface area (Å²) in [7, 11) is 0. The second-order valence-electron chi connectivity index (χ2n) is 2.87. The van der Waals surface area contributed by atoms with E-state index in [1.807, 2.05) is 0 Å². The molecule has 58 valence electrons. The molecule has 0 aromatic rings. The molecular formula is C7H13NO2. The summed E-state index contributed by atoms with van der Waals surface area (Å²) < 4.78 is 10.3. The average molecular weight is 143 g/mol. The number of hydrogen-bond donors (Lipinski definition) is 0. The number of hydrogen-bond acceptors (Lipinski definition) is 3. The fourth-order valence-electron chi connectivity index (χ4n) is 1.25. The minimum absolute atomic E-state index is 0.540. The average Bonchev–Trinajstić information content (AvgIpc) is 2.74. The lowest BCUT2D eigenvalue weighted by atomic mass is 10.3. The molecule has 1 atom stereocenters. The Kier molecular flexibility index (Phi) is 1.88. The van der Waals surface area contributed by atoms with Crippen LogP contribution in [0.25, 0.3) is 0 Å². The van der Waals surface area contributed by atoms with E-state index >= 15 is 0 Å². The Morgan fingerprint density at radius 3 is 2.60 bits per heavy atom. The summed E-state index contributed by atoms with van der Waals surface area (Å²) in [5.41, 5.74) is 0. The second kappa shape index (κ2) is 2.86. The molecule has 2 fully saturated rings. The first-order valence-electron chi connectivity index (χ1n) is 3.87. The van der Waals surface area contributed by atoms with Crippen LogP contribution in [0.5, 0.6) is 0 Å². The molecule has 0 unspecified atom stereocenters. The number of epoxide rings is 1. The Hall–Kier alpha value is -0.120. The van der Waals surface area contributed by atoms with E-state index in [0.29, 0.717) is 6.10 Å². The maximum Gasteiger partial charge on any atom is 0.0936 e. The van der Waals surface area contributed by atoms with Crippen molar-refractivity contribution in [3.63, 3.8) is 0 Å². The molecule has 10 heavy (non-hydrogen) atoms. The third-order valence-electron chi connectivity index (χ3n) is 1.97.